The molecule has 2 aromatic rings. The summed E-state index contributed by atoms with van der Waals surface area (Å²) in [4.78, 5) is 11.2. The van der Waals surface area contributed by atoms with Crippen molar-refractivity contribution >= 4 is 32.7 Å². The molecule has 0 saturated heterocycles. The Morgan fingerprint density at radius 2 is 1.81 bits per heavy atom. The first-order valence-electron chi connectivity index (χ1n) is 4.94. The van der Waals surface area contributed by atoms with Crippen LogP contribution in [0.5, 0.6) is 0 Å². The maximum atomic E-state index is 11.2. The van der Waals surface area contributed by atoms with Crippen molar-refractivity contribution in [3.63, 3.8) is 0 Å². The van der Waals surface area contributed by atoms with E-state index in [0.717, 1.165) is 16.3 Å². The van der Waals surface area contributed by atoms with Gasteiger partial charge in [-0.2, -0.15) is 0 Å². The van der Waals surface area contributed by atoms with Gasteiger partial charge in [0.25, 0.3) is 0 Å². The summed E-state index contributed by atoms with van der Waals surface area (Å²) in [7, 11) is 0. The summed E-state index contributed by atoms with van der Waals surface area (Å²) in [6.45, 7) is 1.65. The number of hydrogen-bond acceptors (Lipinski definition) is 1. The molecule has 2 aromatic carbocycles. The van der Waals surface area contributed by atoms with E-state index < -0.39 is 10.3 Å². The van der Waals surface area contributed by atoms with Crippen LogP contribution in [0.15, 0.2) is 42.5 Å². The zero-order chi connectivity index (χ0) is 11.8. The highest BCUT2D eigenvalue weighted by atomic mass is 79.9. The van der Waals surface area contributed by atoms with Crippen molar-refractivity contribution < 1.29 is 9.90 Å². The predicted octanol–water partition coefficient (Wildman–Crippen LogP) is 3.53. The molecule has 0 aliphatic heterocycles. The minimum Gasteiger partial charge on any atom is -0.480 e. The molecule has 16 heavy (non-hydrogen) atoms. The summed E-state index contributed by atoms with van der Waals surface area (Å²) in [6, 6.07) is 13.5. The van der Waals surface area contributed by atoms with E-state index in [1.807, 2.05) is 42.5 Å². The van der Waals surface area contributed by atoms with Gasteiger partial charge in [-0.1, -0.05) is 58.4 Å². The van der Waals surface area contributed by atoms with Crippen molar-refractivity contribution in [2.45, 2.75) is 11.2 Å². The molecule has 1 atom stereocenters. The fourth-order valence-corrected chi connectivity index (χ4v) is 2.10. The van der Waals surface area contributed by atoms with Crippen LogP contribution in [-0.4, -0.2) is 11.1 Å². The summed E-state index contributed by atoms with van der Waals surface area (Å²) < 4.78 is -1.05. The van der Waals surface area contributed by atoms with Crippen molar-refractivity contribution in [3.05, 3.63) is 48.0 Å². The van der Waals surface area contributed by atoms with Gasteiger partial charge < -0.3 is 5.11 Å². The lowest BCUT2D eigenvalue weighted by Crippen LogP contribution is -2.25. The highest BCUT2D eigenvalue weighted by Crippen LogP contribution is 2.35. The summed E-state index contributed by atoms with van der Waals surface area (Å²) in [5.41, 5.74) is 0.776. The van der Waals surface area contributed by atoms with Gasteiger partial charge in [-0.05, 0) is 23.3 Å². The Bertz CT molecular complexity index is 541. The molecule has 1 unspecified atom stereocenters. The van der Waals surface area contributed by atoms with Crippen LogP contribution in [-0.2, 0) is 9.12 Å². The molecule has 0 aromatic heterocycles. The fraction of sp³-hybridized carbons (Fsp3) is 0.154. The Hall–Kier alpha value is -1.35. The number of fused-ring (bicyclic) bond motifs is 1. The molecule has 1 N–H and O–H groups in total. The predicted molar refractivity (Wildman–Crippen MR) is 67.9 cm³/mol. The van der Waals surface area contributed by atoms with Crippen LogP contribution in [0.25, 0.3) is 10.8 Å². The lowest BCUT2D eigenvalue weighted by atomic mass is 9.95. The number of halogens is 1. The number of rotatable bonds is 2. The van der Waals surface area contributed by atoms with E-state index in [-0.39, 0.29) is 0 Å². The average molecular weight is 279 g/mol. The zero-order valence-electron chi connectivity index (χ0n) is 8.77. The van der Waals surface area contributed by atoms with Crippen molar-refractivity contribution in [3.8, 4) is 0 Å². The van der Waals surface area contributed by atoms with E-state index in [0.29, 0.717) is 0 Å². The zero-order valence-corrected chi connectivity index (χ0v) is 10.4. The molecule has 0 amide bonds. The molecule has 0 heterocycles. The van der Waals surface area contributed by atoms with Crippen LogP contribution in [0.3, 0.4) is 0 Å². The van der Waals surface area contributed by atoms with Gasteiger partial charge in [-0.15, -0.1) is 0 Å². The second-order valence-electron chi connectivity index (χ2n) is 3.83. The summed E-state index contributed by atoms with van der Waals surface area (Å²) >= 11 is 3.28. The topological polar surface area (TPSA) is 37.3 Å². The lowest BCUT2D eigenvalue weighted by molar-refractivity contribution is -0.139. The minimum atomic E-state index is -1.05. The Morgan fingerprint density at radius 1 is 1.19 bits per heavy atom. The van der Waals surface area contributed by atoms with Crippen LogP contribution in [0.2, 0.25) is 0 Å². The van der Waals surface area contributed by atoms with Crippen LogP contribution in [0.1, 0.15) is 12.5 Å². The molecule has 2 nitrogen and oxygen atoms in total. The standard InChI is InChI=1S/C13H11BrO2/c1-13(14,12(15)16)11-8-4-6-9-5-2-3-7-10(9)11/h2-8H,1H3,(H,15,16). The average Bonchev–Trinajstić information content (AvgIpc) is 2.28. The molecule has 3 heteroatoms. The summed E-state index contributed by atoms with van der Waals surface area (Å²) in [5, 5.41) is 11.2. The largest absolute Gasteiger partial charge is 0.480 e. The minimum absolute atomic E-state index is 0.776. The molecular weight excluding hydrogens is 268 g/mol. The smallest absolute Gasteiger partial charge is 0.324 e. The highest BCUT2D eigenvalue weighted by molar-refractivity contribution is 9.10. The molecule has 0 radical (unpaired) electrons. The Balaban J connectivity index is 2.74. The fourth-order valence-electron chi connectivity index (χ4n) is 1.75. The normalized spacial score (nSPS) is 14.6. The van der Waals surface area contributed by atoms with Crippen LogP contribution >= 0.6 is 15.9 Å². The Morgan fingerprint density at radius 3 is 2.50 bits per heavy atom. The number of carboxylic acids is 1. The third-order valence-electron chi connectivity index (χ3n) is 2.70. The number of carboxylic acid groups (broad SMARTS) is 1. The van der Waals surface area contributed by atoms with Crippen molar-refractivity contribution in [1.82, 2.24) is 0 Å². The first-order chi connectivity index (χ1) is 7.53. The van der Waals surface area contributed by atoms with Gasteiger partial charge in [0.15, 0.2) is 0 Å². The second-order valence-corrected chi connectivity index (χ2v) is 5.42. The Labute approximate surface area is 102 Å². The quantitative estimate of drug-likeness (QED) is 0.854. The van der Waals surface area contributed by atoms with Crippen molar-refractivity contribution in [2.24, 2.45) is 0 Å². The van der Waals surface area contributed by atoms with Gasteiger partial charge in [-0.25, -0.2) is 0 Å². The van der Waals surface area contributed by atoms with Crippen molar-refractivity contribution in [2.75, 3.05) is 0 Å². The number of benzene rings is 2. The molecule has 0 aliphatic carbocycles. The summed E-state index contributed by atoms with van der Waals surface area (Å²) in [6.07, 6.45) is 0. The lowest BCUT2D eigenvalue weighted by Gasteiger charge is -2.19. The van der Waals surface area contributed by atoms with E-state index in [1.165, 1.54) is 0 Å². The SMILES string of the molecule is CC(Br)(C(=O)O)c1cccc2ccccc12. The maximum Gasteiger partial charge on any atom is 0.324 e. The van der Waals surface area contributed by atoms with Gasteiger partial charge >= 0.3 is 5.97 Å². The highest BCUT2D eigenvalue weighted by Gasteiger charge is 2.33. The number of alkyl halides is 1. The van der Waals surface area contributed by atoms with Gasteiger partial charge in [0.1, 0.15) is 4.32 Å². The monoisotopic (exact) mass is 278 g/mol. The molecule has 0 saturated carbocycles. The third kappa shape index (κ3) is 1.71. The molecule has 0 bridgehead atoms. The second kappa shape index (κ2) is 3.91. The number of aliphatic carboxylic acids is 1. The van der Waals surface area contributed by atoms with Gasteiger partial charge in [0, 0.05) is 0 Å². The van der Waals surface area contributed by atoms with E-state index in [9.17, 15) is 9.90 Å². The van der Waals surface area contributed by atoms with Gasteiger partial charge in [0.2, 0.25) is 0 Å². The summed E-state index contributed by atoms with van der Waals surface area (Å²) in [5.74, 6) is -0.885. The first-order valence-corrected chi connectivity index (χ1v) is 5.73. The Kier molecular flexibility index (Phi) is 2.72. The van der Waals surface area contributed by atoms with E-state index in [4.69, 9.17) is 0 Å². The van der Waals surface area contributed by atoms with Crippen LogP contribution in [0, 0.1) is 0 Å². The number of hydrogen-bond donors (Lipinski definition) is 1. The van der Waals surface area contributed by atoms with Gasteiger partial charge in [0.05, 0.1) is 0 Å². The van der Waals surface area contributed by atoms with Crippen LogP contribution < -0.4 is 0 Å². The third-order valence-corrected chi connectivity index (χ3v) is 3.46. The van der Waals surface area contributed by atoms with Crippen molar-refractivity contribution in [1.29, 1.82) is 0 Å². The van der Waals surface area contributed by atoms with E-state index >= 15 is 0 Å². The van der Waals surface area contributed by atoms with E-state index in [2.05, 4.69) is 15.9 Å². The molecule has 0 spiro atoms. The van der Waals surface area contributed by atoms with E-state index in [1.54, 1.807) is 6.92 Å². The molecule has 82 valence electrons. The van der Waals surface area contributed by atoms with Gasteiger partial charge in [-0.3, -0.25) is 4.79 Å². The number of carbonyl (C=O) groups is 1. The molecule has 0 aliphatic rings. The van der Waals surface area contributed by atoms with Crippen LogP contribution in [0.4, 0.5) is 0 Å². The molecule has 2 rings (SSSR count). The molecular formula is C13H11BrO2. The molecule has 0 fully saturated rings. The maximum absolute atomic E-state index is 11.2. The first kappa shape index (κ1) is 11.1.